The van der Waals surface area contributed by atoms with E-state index in [1.165, 1.54) is 0 Å². The summed E-state index contributed by atoms with van der Waals surface area (Å²) in [5.74, 6) is -0.0859. The molecule has 18 heavy (non-hydrogen) atoms. The van der Waals surface area contributed by atoms with Crippen molar-refractivity contribution in [3.8, 4) is 0 Å². The number of carbonyl (C=O) groups excluding carboxylic acids is 2. The van der Waals surface area contributed by atoms with Crippen LogP contribution in [-0.2, 0) is 14.3 Å². The molecule has 1 aliphatic heterocycles. The lowest BCUT2D eigenvalue weighted by Gasteiger charge is -2.40. The number of nitrogens with one attached hydrogen (secondary N) is 1. The van der Waals surface area contributed by atoms with Crippen molar-refractivity contribution < 1.29 is 14.3 Å². The number of hydrogen-bond donors (Lipinski definition) is 1. The van der Waals surface area contributed by atoms with Crippen LogP contribution in [0.3, 0.4) is 0 Å². The molecular formula is C13H24N2O3. The fourth-order valence-corrected chi connectivity index (χ4v) is 2.11. The molecule has 0 bridgehead atoms. The molecule has 0 aromatic heterocycles. The lowest BCUT2D eigenvalue weighted by molar-refractivity contribution is -0.149. The summed E-state index contributed by atoms with van der Waals surface area (Å²) >= 11 is 0. The summed E-state index contributed by atoms with van der Waals surface area (Å²) in [6, 6.07) is -0.817. The van der Waals surface area contributed by atoms with Crippen LogP contribution in [0.4, 0.5) is 0 Å². The predicted octanol–water partition coefficient (Wildman–Crippen LogP) is 0.785. The van der Waals surface area contributed by atoms with Gasteiger partial charge in [-0.1, -0.05) is 13.8 Å². The van der Waals surface area contributed by atoms with Gasteiger partial charge in [0.25, 0.3) is 0 Å². The Balaban J connectivity index is 2.73. The fourth-order valence-electron chi connectivity index (χ4n) is 2.11. The van der Waals surface area contributed by atoms with Gasteiger partial charge in [0.05, 0.1) is 0 Å². The standard InChI is InChI=1S/C13H24N2O3/c1-9-12(17)15(10(2)11(16)14-9)8-13(3,4)6-7-18-5/h9-10H,6-8H2,1-5H3,(H,14,16). The molecule has 1 rings (SSSR count). The van der Waals surface area contributed by atoms with Crippen molar-refractivity contribution in [3.63, 3.8) is 0 Å². The van der Waals surface area contributed by atoms with Crippen molar-refractivity contribution in [1.82, 2.24) is 10.2 Å². The minimum Gasteiger partial charge on any atom is -0.385 e. The highest BCUT2D eigenvalue weighted by Gasteiger charge is 2.38. The molecule has 1 heterocycles. The first-order chi connectivity index (χ1) is 8.28. The van der Waals surface area contributed by atoms with Crippen LogP contribution in [0.25, 0.3) is 0 Å². The molecule has 0 aromatic carbocycles. The largest absolute Gasteiger partial charge is 0.385 e. The van der Waals surface area contributed by atoms with E-state index in [0.717, 1.165) is 6.42 Å². The molecule has 5 nitrogen and oxygen atoms in total. The zero-order valence-electron chi connectivity index (χ0n) is 11.9. The maximum Gasteiger partial charge on any atom is 0.245 e. The first-order valence-corrected chi connectivity index (χ1v) is 6.38. The monoisotopic (exact) mass is 256 g/mol. The molecule has 1 aliphatic rings. The third kappa shape index (κ3) is 3.45. The number of nitrogens with zero attached hydrogens (tertiary/aromatic N) is 1. The molecular weight excluding hydrogens is 232 g/mol. The lowest BCUT2D eigenvalue weighted by atomic mass is 9.88. The quantitative estimate of drug-likeness (QED) is 0.791. The highest BCUT2D eigenvalue weighted by atomic mass is 16.5. The number of hydrogen-bond acceptors (Lipinski definition) is 3. The summed E-state index contributed by atoms with van der Waals surface area (Å²) in [6.45, 7) is 8.90. The van der Waals surface area contributed by atoms with E-state index in [1.807, 2.05) is 0 Å². The summed E-state index contributed by atoms with van der Waals surface area (Å²) in [5, 5.41) is 2.68. The molecule has 0 spiro atoms. The predicted molar refractivity (Wildman–Crippen MR) is 69.1 cm³/mol. The van der Waals surface area contributed by atoms with Gasteiger partial charge in [-0.3, -0.25) is 9.59 Å². The number of ether oxygens (including phenoxy) is 1. The minimum absolute atomic E-state index is 0.00686. The normalized spacial score (nSPS) is 25.3. The van der Waals surface area contributed by atoms with E-state index in [-0.39, 0.29) is 17.2 Å². The summed E-state index contributed by atoms with van der Waals surface area (Å²) in [5.41, 5.74) is -0.0583. The zero-order chi connectivity index (χ0) is 13.9. The Labute approximate surface area is 109 Å². The Bertz CT molecular complexity index is 328. The Hall–Kier alpha value is -1.10. The van der Waals surface area contributed by atoms with E-state index in [2.05, 4.69) is 19.2 Å². The van der Waals surface area contributed by atoms with Crippen molar-refractivity contribution in [2.24, 2.45) is 5.41 Å². The summed E-state index contributed by atoms with van der Waals surface area (Å²) in [4.78, 5) is 25.5. The van der Waals surface area contributed by atoms with Crippen LogP contribution in [-0.4, -0.2) is 49.1 Å². The highest BCUT2D eigenvalue weighted by Crippen LogP contribution is 2.24. The maximum atomic E-state index is 12.1. The Morgan fingerprint density at radius 2 is 1.94 bits per heavy atom. The fraction of sp³-hybridized carbons (Fsp3) is 0.846. The molecule has 2 amide bonds. The Morgan fingerprint density at radius 3 is 2.50 bits per heavy atom. The second-order valence-electron chi connectivity index (χ2n) is 5.78. The topological polar surface area (TPSA) is 58.6 Å². The molecule has 1 N–H and O–H groups in total. The van der Waals surface area contributed by atoms with E-state index in [9.17, 15) is 9.59 Å². The number of amides is 2. The second kappa shape index (κ2) is 5.69. The SMILES string of the molecule is COCCC(C)(C)CN1C(=O)C(C)NC(=O)C1C. The van der Waals surface area contributed by atoms with Gasteiger partial charge < -0.3 is 15.0 Å². The van der Waals surface area contributed by atoms with E-state index in [4.69, 9.17) is 4.74 Å². The molecule has 0 saturated carbocycles. The highest BCUT2D eigenvalue weighted by molar-refractivity contribution is 5.96. The first kappa shape index (κ1) is 15.0. The van der Waals surface area contributed by atoms with Crippen LogP contribution in [0.5, 0.6) is 0 Å². The molecule has 104 valence electrons. The third-order valence-corrected chi connectivity index (χ3v) is 3.44. The lowest BCUT2D eigenvalue weighted by Crippen LogP contribution is -2.62. The number of piperazine rings is 1. The molecule has 0 aliphatic carbocycles. The van der Waals surface area contributed by atoms with E-state index in [0.29, 0.717) is 13.2 Å². The van der Waals surface area contributed by atoms with E-state index in [1.54, 1.807) is 25.9 Å². The van der Waals surface area contributed by atoms with Gasteiger partial charge in [0.2, 0.25) is 11.8 Å². The van der Waals surface area contributed by atoms with E-state index >= 15 is 0 Å². The average Bonchev–Trinajstić information content (AvgIpc) is 2.30. The van der Waals surface area contributed by atoms with Crippen LogP contribution in [0, 0.1) is 5.41 Å². The number of carbonyl (C=O) groups is 2. The van der Waals surface area contributed by atoms with Gasteiger partial charge in [0.15, 0.2) is 0 Å². The molecule has 5 heteroatoms. The Morgan fingerprint density at radius 1 is 1.33 bits per heavy atom. The van der Waals surface area contributed by atoms with E-state index < -0.39 is 12.1 Å². The van der Waals surface area contributed by atoms with Crippen molar-refractivity contribution in [3.05, 3.63) is 0 Å². The van der Waals surface area contributed by atoms with Crippen LogP contribution in [0.15, 0.2) is 0 Å². The van der Waals surface area contributed by atoms with Gasteiger partial charge >= 0.3 is 0 Å². The van der Waals surface area contributed by atoms with Crippen LogP contribution < -0.4 is 5.32 Å². The van der Waals surface area contributed by atoms with Crippen molar-refractivity contribution in [2.75, 3.05) is 20.3 Å². The number of methoxy groups -OCH3 is 1. The maximum absolute atomic E-state index is 12.1. The first-order valence-electron chi connectivity index (χ1n) is 6.38. The summed E-state index contributed by atoms with van der Waals surface area (Å²) in [7, 11) is 1.67. The van der Waals surface area contributed by atoms with Gasteiger partial charge in [0, 0.05) is 20.3 Å². The second-order valence-corrected chi connectivity index (χ2v) is 5.78. The van der Waals surface area contributed by atoms with Crippen molar-refractivity contribution in [2.45, 2.75) is 46.2 Å². The molecule has 0 aromatic rings. The third-order valence-electron chi connectivity index (χ3n) is 3.44. The summed E-state index contributed by atoms with van der Waals surface area (Å²) in [6.07, 6.45) is 0.857. The molecule has 2 unspecified atom stereocenters. The van der Waals surface area contributed by atoms with Crippen LogP contribution >= 0.6 is 0 Å². The average molecular weight is 256 g/mol. The molecule has 1 saturated heterocycles. The van der Waals surface area contributed by atoms with Crippen LogP contribution in [0.1, 0.15) is 34.1 Å². The smallest absolute Gasteiger partial charge is 0.245 e. The molecule has 2 atom stereocenters. The van der Waals surface area contributed by atoms with Gasteiger partial charge in [-0.05, 0) is 25.7 Å². The minimum atomic E-state index is -0.424. The zero-order valence-corrected chi connectivity index (χ0v) is 11.9. The van der Waals surface area contributed by atoms with Gasteiger partial charge in [-0.15, -0.1) is 0 Å². The van der Waals surface area contributed by atoms with Gasteiger partial charge in [0.1, 0.15) is 12.1 Å². The number of rotatable bonds is 5. The van der Waals surface area contributed by atoms with Crippen molar-refractivity contribution >= 4 is 11.8 Å². The summed E-state index contributed by atoms with van der Waals surface area (Å²) < 4.78 is 5.08. The molecule has 1 fully saturated rings. The van der Waals surface area contributed by atoms with Crippen LogP contribution in [0.2, 0.25) is 0 Å². The van der Waals surface area contributed by atoms with Crippen molar-refractivity contribution in [1.29, 1.82) is 0 Å². The van der Waals surface area contributed by atoms with Gasteiger partial charge in [-0.25, -0.2) is 0 Å². The van der Waals surface area contributed by atoms with Gasteiger partial charge in [-0.2, -0.15) is 0 Å². The molecule has 0 radical (unpaired) electrons. The Kier molecular flexibility index (Phi) is 4.73.